The van der Waals surface area contributed by atoms with Crippen molar-refractivity contribution >= 4 is 44.9 Å². The average Bonchev–Trinajstić information content (AvgIpc) is 2.93. The summed E-state index contributed by atoms with van der Waals surface area (Å²) in [4.78, 5) is 13.0. The molecule has 0 aliphatic carbocycles. The van der Waals surface area contributed by atoms with Crippen LogP contribution in [0.5, 0.6) is 0 Å². The van der Waals surface area contributed by atoms with E-state index in [1.54, 1.807) is 12.2 Å². The van der Waals surface area contributed by atoms with E-state index >= 15 is 0 Å². The van der Waals surface area contributed by atoms with E-state index < -0.39 is 5.97 Å². The number of benzene rings is 1. The zero-order valence-corrected chi connectivity index (χ0v) is 20.4. The Morgan fingerprint density at radius 2 is 1.00 bits per heavy atom. The first-order valence-electron chi connectivity index (χ1n) is 11.2. The normalized spacial score (nSPS) is 18.3. The summed E-state index contributed by atoms with van der Waals surface area (Å²) in [7, 11) is 0. The molecule has 0 atom stereocenters. The van der Waals surface area contributed by atoms with Gasteiger partial charge < -0.3 is 24.1 Å². The van der Waals surface area contributed by atoms with Gasteiger partial charge >= 0.3 is 5.97 Å². The zero-order chi connectivity index (χ0) is 24.2. The number of ether oxygens (including phenoxy) is 4. The summed E-state index contributed by atoms with van der Waals surface area (Å²) in [6.07, 6.45) is 22.3. The maximum absolute atomic E-state index is 13.0. The van der Waals surface area contributed by atoms with E-state index in [0.29, 0.717) is 77.0 Å². The van der Waals surface area contributed by atoms with Gasteiger partial charge in [-0.2, -0.15) is 0 Å². The molecule has 35 heavy (non-hydrogen) atoms. The van der Waals surface area contributed by atoms with Crippen molar-refractivity contribution < 1.29 is 28.8 Å². The van der Waals surface area contributed by atoms with Gasteiger partial charge in [-0.1, -0.05) is 40.2 Å². The molecule has 0 bridgehead atoms. The van der Waals surface area contributed by atoms with Gasteiger partial charge in [0.1, 0.15) is 49.5 Å². The highest BCUT2D eigenvalue weighted by atomic mass is 79.9. The highest BCUT2D eigenvalue weighted by molar-refractivity contribution is 9.08. The number of alkyl halides is 1. The predicted molar refractivity (Wildman–Crippen MR) is 138 cm³/mol. The summed E-state index contributed by atoms with van der Waals surface area (Å²) in [5.41, 5.74) is 3.08. The second kappa shape index (κ2) is 10.3. The van der Waals surface area contributed by atoms with Gasteiger partial charge in [-0.25, -0.2) is 4.79 Å². The quantitative estimate of drug-likeness (QED) is 0.452. The maximum atomic E-state index is 13.0. The minimum atomic E-state index is -1.10. The zero-order valence-electron chi connectivity index (χ0n) is 18.8. The van der Waals surface area contributed by atoms with Crippen LogP contribution < -0.4 is 0 Å². The van der Waals surface area contributed by atoms with Crippen LogP contribution in [0.25, 0.3) is 23.0 Å². The Hall–Kier alpha value is -3.71. The van der Waals surface area contributed by atoms with Gasteiger partial charge in [0.2, 0.25) is 0 Å². The minimum Gasteiger partial charge on any atom is -0.489 e. The molecule has 4 heterocycles. The topological polar surface area (TPSA) is 74.2 Å². The average molecular weight is 535 g/mol. The van der Waals surface area contributed by atoms with Crippen LogP contribution in [0.3, 0.4) is 0 Å². The molecule has 6 nitrogen and oxygen atoms in total. The van der Waals surface area contributed by atoms with Gasteiger partial charge in [-0.05, 0) is 54.2 Å². The van der Waals surface area contributed by atoms with E-state index in [1.807, 2.05) is 60.8 Å². The van der Waals surface area contributed by atoms with Crippen molar-refractivity contribution in [2.24, 2.45) is 0 Å². The van der Waals surface area contributed by atoms with Crippen LogP contribution in [-0.2, 0) is 24.3 Å². The third-order valence-corrected chi connectivity index (χ3v) is 6.37. The number of carbonyl (C=O) groups is 1. The molecule has 0 saturated heterocycles. The van der Waals surface area contributed by atoms with Crippen LogP contribution >= 0.6 is 15.9 Å². The van der Waals surface area contributed by atoms with Crippen LogP contribution in [-0.4, -0.2) is 37.5 Å². The molecule has 5 rings (SSSR count). The summed E-state index contributed by atoms with van der Waals surface area (Å²) in [6, 6.07) is 0. The molecule has 1 aromatic rings. The second-order valence-corrected chi connectivity index (χ2v) is 8.43. The van der Waals surface area contributed by atoms with Gasteiger partial charge in [0.25, 0.3) is 0 Å². The van der Waals surface area contributed by atoms with Gasteiger partial charge in [-0.15, -0.1) is 0 Å². The molecule has 0 aromatic heterocycles. The fourth-order valence-electron chi connectivity index (χ4n) is 4.40. The smallest absolute Gasteiger partial charge is 0.337 e. The molecule has 0 unspecified atom stereocenters. The Bertz CT molecular complexity index is 1210. The number of halogens is 1. The van der Waals surface area contributed by atoms with Gasteiger partial charge in [0, 0.05) is 27.6 Å². The number of hydrogen-bond acceptors (Lipinski definition) is 5. The molecule has 1 N–H and O–H groups in total. The molecule has 7 heteroatoms. The van der Waals surface area contributed by atoms with E-state index in [2.05, 4.69) is 15.9 Å². The third-order valence-electron chi connectivity index (χ3n) is 5.81. The van der Waals surface area contributed by atoms with Crippen molar-refractivity contribution in [1.82, 2.24) is 0 Å². The predicted octanol–water partition coefficient (Wildman–Crippen LogP) is 5.99. The molecule has 4 aliphatic heterocycles. The Balaban J connectivity index is 1.97. The highest BCUT2D eigenvalue weighted by Crippen LogP contribution is 2.45. The molecule has 1 aromatic carbocycles. The van der Waals surface area contributed by atoms with Gasteiger partial charge in [0.15, 0.2) is 0 Å². The van der Waals surface area contributed by atoms with Crippen LogP contribution in [0, 0.1) is 0 Å². The number of carboxylic acid groups (broad SMARTS) is 1. The molecule has 0 fully saturated rings. The molecule has 0 saturated carbocycles. The number of hydrogen-bond donors (Lipinski definition) is 1. The molecule has 0 radical (unpaired) electrons. The Morgan fingerprint density at radius 1 is 0.657 bits per heavy atom. The largest absolute Gasteiger partial charge is 0.489 e. The summed E-state index contributed by atoms with van der Waals surface area (Å²) in [6.45, 7) is 1.44. The summed E-state index contributed by atoms with van der Waals surface area (Å²) in [5.74, 6) is 0.947. The lowest BCUT2D eigenvalue weighted by molar-refractivity contribution is 0.0694. The minimum absolute atomic E-state index is 0.0703. The Kier molecular flexibility index (Phi) is 6.77. The lowest BCUT2D eigenvalue weighted by atomic mass is 9.82. The van der Waals surface area contributed by atoms with E-state index in [-0.39, 0.29) is 5.56 Å². The Labute approximate surface area is 211 Å². The van der Waals surface area contributed by atoms with Crippen molar-refractivity contribution in [3.05, 3.63) is 106 Å². The lowest BCUT2D eigenvalue weighted by Crippen LogP contribution is -2.19. The first-order chi connectivity index (χ1) is 17.2. The van der Waals surface area contributed by atoms with E-state index in [4.69, 9.17) is 18.9 Å². The number of aromatic carboxylic acids is 1. The molecule has 0 spiro atoms. The van der Waals surface area contributed by atoms with Crippen LogP contribution in [0.15, 0.2) is 72.9 Å². The van der Waals surface area contributed by atoms with Crippen molar-refractivity contribution in [2.45, 2.75) is 5.33 Å². The van der Waals surface area contributed by atoms with Crippen molar-refractivity contribution in [2.75, 3.05) is 26.4 Å². The van der Waals surface area contributed by atoms with E-state index in [9.17, 15) is 9.90 Å². The number of allylic oxidation sites excluding steroid dienone is 8. The first-order valence-corrected chi connectivity index (χ1v) is 12.3. The van der Waals surface area contributed by atoms with Crippen molar-refractivity contribution in [3.8, 4) is 0 Å². The van der Waals surface area contributed by atoms with E-state index in [0.717, 1.165) is 5.56 Å². The molecule has 4 aliphatic rings. The Morgan fingerprint density at radius 3 is 1.26 bits per heavy atom. The fraction of sp³-hybridized carbons (Fsp3) is 0.179. The van der Waals surface area contributed by atoms with E-state index in [1.165, 1.54) is 0 Å². The fourth-order valence-corrected chi connectivity index (χ4v) is 4.96. The standard InChI is InChI=1S/C28H23BrO6/c29-17-18-23(19-9-1-5-13-32-19)25(21-11-3-7-15-34-21)27(28(30)31)26(22-12-4-8-16-35-22)24(18)20-10-2-6-14-33-20/h1-12H,13-17H2,(H,30,31). The SMILES string of the molecule is O=C(O)c1c(C2=CC=CCO2)c(C2=CC=CCO2)c(CBr)c(C2=CC=CCO2)c1C1=CC=CCO1. The monoisotopic (exact) mass is 534 g/mol. The molecular formula is C28H23BrO6. The molecular weight excluding hydrogens is 512 g/mol. The van der Waals surface area contributed by atoms with Crippen molar-refractivity contribution in [3.63, 3.8) is 0 Å². The third kappa shape index (κ3) is 4.39. The maximum Gasteiger partial charge on any atom is 0.337 e. The van der Waals surface area contributed by atoms with Gasteiger partial charge in [-0.3, -0.25) is 0 Å². The van der Waals surface area contributed by atoms with Crippen LogP contribution in [0.4, 0.5) is 0 Å². The summed E-state index contributed by atoms with van der Waals surface area (Å²) in [5, 5.41) is 11.1. The first kappa shape index (κ1) is 23.1. The molecule has 178 valence electrons. The lowest BCUT2D eigenvalue weighted by Gasteiger charge is -2.29. The van der Waals surface area contributed by atoms with Crippen LogP contribution in [0.1, 0.15) is 38.2 Å². The van der Waals surface area contributed by atoms with Crippen LogP contribution in [0.2, 0.25) is 0 Å². The molecule has 0 amide bonds. The second-order valence-electron chi connectivity index (χ2n) is 7.87. The summed E-state index contributed by atoms with van der Waals surface area (Å²) < 4.78 is 24.0. The highest BCUT2D eigenvalue weighted by Gasteiger charge is 2.35. The summed E-state index contributed by atoms with van der Waals surface area (Å²) >= 11 is 3.67. The van der Waals surface area contributed by atoms with Gasteiger partial charge in [0.05, 0.1) is 5.56 Å². The van der Waals surface area contributed by atoms with Crippen molar-refractivity contribution in [1.29, 1.82) is 0 Å². The number of carboxylic acids is 1. The number of rotatable bonds is 6.